The topological polar surface area (TPSA) is 69.7 Å². The van der Waals surface area contributed by atoms with Gasteiger partial charge in [-0.3, -0.25) is 5.32 Å². The zero-order valence-corrected chi connectivity index (χ0v) is 14.1. The minimum Gasteiger partial charge on any atom is -0.489 e. The van der Waals surface area contributed by atoms with Gasteiger partial charge >= 0.3 is 11.9 Å². The van der Waals surface area contributed by atoms with Gasteiger partial charge in [0.15, 0.2) is 5.16 Å². The van der Waals surface area contributed by atoms with E-state index in [0.717, 1.165) is 0 Å². The normalized spacial score (nSPS) is 21.4. The van der Waals surface area contributed by atoms with Crippen LogP contribution in [-0.4, -0.2) is 24.3 Å². The molecule has 0 saturated heterocycles. The molecule has 120 valence electrons. The monoisotopic (exact) mass is 366 g/mol. The van der Waals surface area contributed by atoms with Gasteiger partial charge in [0, 0.05) is 12.2 Å². The van der Waals surface area contributed by atoms with E-state index in [-0.39, 0.29) is 34.4 Å². The second kappa shape index (κ2) is 6.91. The first kappa shape index (κ1) is 17.1. The van der Waals surface area contributed by atoms with Gasteiger partial charge in [0.1, 0.15) is 10.3 Å². The number of amides is 1. The summed E-state index contributed by atoms with van der Waals surface area (Å²) in [4.78, 5) is 15.6. The van der Waals surface area contributed by atoms with E-state index in [1.807, 2.05) is 0 Å². The third kappa shape index (κ3) is 3.25. The summed E-state index contributed by atoms with van der Waals surface area (Å²) in [5.41, 5.74) is 0.343. The molecule has 6 nitrogen and oxygen atoms in total. The highest BCUT2D eigenvalue weighted by atomic mass is 35.5. The van der Waals surface area contributed by atoms with Crippen molar-refractivity contribution in [2.45, 2.75) is 19.6 Å². The Morgan fingerprint density at radius 2 is 1.86 bits per heavy atom. The fraction of sp³-hybridized carbons (Fsp3) is 0.385. The summed E-state index contributed by atoms with van der Waals surface area (Å²) in [5, 5.41) is 2.52. The van der Waals surface area contributed by atoms with Crippen LogP contribution in [0.5, 0.6) is 0 Å². The molecule has 0 aromatic carbocycles. The van der Waals surface area contributed by atoms with Crippen molar-refractivity contribution < 1.29 is 19.0 Å². The molecule has 22 heavy (non-hydrogen) atoms. The predicted molar refractivity (Wildman–Crippen MR) is 81.7 cm³/mol. The zero-order chi connectivity index (χ0) is 16.3. The summed E-state index contributed by atoms with van der Waals surface area (Å²) >= 11 is 18.0. The number of hydrogen-bond acceptors (Lipinski definition) is 5. The Morgan fingerprint density at radius 1 is 1.23 bits per heavy atom. The van der Waals surface area contributed by atoms with Gasteiger partial charge in [-0.1, -0.05) is 34.8 Å². The van der Waals surface area contributed by atoms with Gasteiger partial charge in [0.2, 0.25) is 5.76 Å². The minimum absolute atomic E-state index is 0.0318. The lowest BCUT2D eigenvalue weighted by Crippen LogP contribution is -2.47. The van der Waals surface area contributed by atoms with Crippen molar-refractivity contribution in [3.05, 3.63) is 38.9 Å². The van der Waals surface area contributed by atoms with Crippen LogP contribution in [0.15, 0.2) is 23.0 Å². The SMILES string of the molecule is CCOC1=C(Cl)NC(=O)OC1(OCC)c1cc(Cl)nc(Cl)c1. The Bertz CT molecular complexity index is 603. The summed E-state index contributed by atoms with van der Waals surface area (Å²) in [6.45, 7) is 3.99. The Kier molecular flexibility index (Phi) is 5.39. The number of aromatic nitrogens is 1. The van der Waals surface area contributed by atoms with Crippen LogP contribution >= 0.6 is 34.8 Å². The fourth-order valence-electron chi connectivity index (χ4n) is 2.02. The molecule has 1 aromatic rings. The van der Waals surface area contributed by atoms with E-state index >= 15 is 0 Å². The molecule has 0 aliphatic carbocycles. The number of nitrogens with zero attached hydrogens (tertiary/aromatic N) is 1. The van der Waals surface area contributed by atoms with E-state index in [4.69, 9.17) is 49.0 Å². The Hall–Kier alpha value is -1.21. The van der Waals surface area contributed by atoms with Crippen LogP contribution < -0.4 is 5.32 Å². The highest BCUT2D eigenvalue weighted by molar-refractivity contribution is 6.32. The number of pyridine rings is 1. The average molecular weight is 368 g/mol. The van der Waals surface area contributed by atoms with Crippen LogP contribution in [-0.2, 0) is 20.0 Å². The van der Waals surface area contributed by atoms with Gasteiger partial charge in [0.05, 0.1) is 6.61 Å². The van der Waals surface area contributed by atoms with E-state index in [9.17, 15) is 4.79 Å². The molecular weight excluding hydrogens is 355 g/mol. The van der Waals surface area contributed by atoms with Crippen molar-refractivity contribution in [1.82, 2.24) is 10.3 Å². The molecule has 1 amide bonds. The lowest BCUT2D eigenvalue weighted by atomic mass is 10.0. The second-order valence-electron chi connectivity index (χ2n) is 4.14. The number of ether oxygens (including phenoxy) is 3. The summed E-state index contributed by atoms with van der Waals surface area (Å²) in [6, 6.07) is 2.93. The van der Waals surface area contributed by atoms with E-state index in [0.29, 0.717) is 5.56 Å². The van der Waals surface area contributed by atoms with Gasteiger partial charge < -0.3 is 14.2 Å². The third-order valence-corrected chi connectivity index (χ3v) is 3.38. The molecule has 1 unspecified atom stereocenters. The Balaban J connectivity index is 2.67. The molecule has 0 spiro atoms. The number of hydrogen-bond donors (Lipinski definition) is 1. The second-order valence-corrected chi connectivity index (χ2v) is 5.29. The molecule has 1 aliphatic heterocycles. The number of nitrogens with one attached hydrogen (secondary N) is 1. The summed E-state index contributed by atoms with van der Waals surface area (Å²) < 4.78 is 16.6. The molecule has 0 radical (unpaired) electrons. The molecule has 1 atom stereocenters. The number of cyclic esters (lactones) is 1. The molecule has 9 heteroatoms. The van der Waals surface area contributed by atoms with Crippen LogP contribution in [0.1, 0.15) is 19.4 Å². The van der Waals surface area contributed by atoms with E-state index in [1.54, 1.807) is 13.8 Å². The first-order valence-electron chi connectivity index (χ1n) is 6.43. The van der Waals surface area contributed by atoms with Gasteiger partial charge in [-0.05, 0) is 26.0 Å². The summed E-state index contributed by atoms with van der Waals surface area (Å²) in [5.74, 6) is -1.57. The van der Waals surface area contributed by atoms with Gasteiger partial charge in [-0.15, -0.1) is 0 Å². The van der Waals surface area contributed by atoms with Gasteiger partial charge in [-0.25, -0.2) is 9.78 Å². The van der Waals surface area contributed by atoms with E-state index in [1.165, 1.54) is 12.1 Å². The standard InChI is InChI=1S/C13H13Cl3N2O4/c1-3-20-10-11(16)18-12(19)22-13(10,21-4-2)7-5-8(14)17-9(15)6-7/h5-6H,3-4H2,1-2H3,(H,18,19). The number of carbonyl (C=O) groups excluding carboxylic acids is 1. The van der Waals surface area contributed by atoms with Gasteiger partial charge in [-0.2, -0.15) is 0 Å². The van der Waals surface area contributed by atoms with Crippen molar-refractivity contribution in [2.75, 3.05) is 13.2 Å². The third-order valence-electron chi connectivity index (χ3n) is 2.73. The average Bonchev–Trinajstić information content (AvgIpc) is 2.41. The molecule has 0 saturated carbocycles. The molecule has 2 rings (SSSR count). The van der Waals surface area contributed by atoms with Crippen LogP contribution in [0.4, 0.5) is 4.79 Å². The quantitative estimate of drug-likeness (QED) is 0.634. The predicted octanol–water partition coefficient (Wildman–Crippen LogP) is 3.76. The smallest absolute Gasteiger partial charge is 0.415 e. The van der Waals surface area contributed by atoms with E-state index < -0.39 is 11.9 Å². The number of carbonyl (C=O) groups is 1. The summed E-state index contributed by atoms with van der Waals surface area (Å²) in [7, 11) is 0. The van der Waals surface area contributed by atoms with Crippen LogP contribution in [0.3, 0.4) is 0 Å². The van der Waals surface area contributed by atoms with Crippen molar-refractivity contribution >= 4 is 40.9 Å². The molecule has 1 aromatic heterocycles. The van der Waals surface area contributed by atoms with Crippen molar-refractivity contribution in [2.24, 2.45) is 0 Å². The Labute approximate surface area is 142 Å². The lowest BCUT2D eigenvalue weighted by molar-refractivity contribution is -0.209. The molecule has 1 aliphatic rings. The molecular formula is C13H13Cl3N2O4. The van der Waals surface area contributed by atoms with Crippen molar-refractivity contribution in [3.8, 4) is 0 Å². The summed E-state index contributed by atoms with van der Waals surface area (Å²) in [6.07, 6.45) is -0.786. The van der Waals surface area contributed by atoms with Crippen molar-refractivity contribution in [3.63, 3.8) is 0 Å². The number of rotatable bonds is 5. The molecule has 0 fully saturated rings. The first-order chi connectivity index (χ1) is 10.4. The van der Waals surface area contributed by atoms with Crippen molar-refractivity contribution in [1.29, 1.82) is 0 Å². The van der Waals surface area contributed by atoms with E-state index in [2.05, 4.69) is 10.3 Å². The molecule has 0 bridgehead atoms. The van der Waals surface area contributed by atoms with Crippen LogP contribution in [0.2, 0.25) is 10.3 Å². The maximum absolute atomic E-state index is 11.8. The number of halogens is 3. The molecule has 1 N–H and O–H groups in total. The largest absolute Gasteiger partial charge is 0.489 e. The minimum atomic E-state index is -1.68. The highest BCUT2D eigenvalue weighted by Crippen LogP contribution is 2.41. The molecule has 2 heterocycles. The maximum atomic E-state index is 11.8. The highest BCUT2D eigenvalue weighted by Gasteiger charge is 2.49. The maximum Gasteiger partial charge on any atom is 0.415 e. The lowest BCUT2D eigenvalue weighted by Gasteiger charge is -2.37. The van der Waals surface area contributed by atoms with Gasteiger partial charge in [0.25, 0.3) is 0 Å². The fourth-order valence-corrected chi connectivity index (χ4v) is 2.74. The van der Waals surface area contributed by atoms with Crippen LogP contribution in [0.25, 0.3) is 0 Å². The van der Waals surface area contributed by atoms with Crippen LogP contribution in [0, 0.1) is 0 Å². The zero-order valence-electron chi connectivity index (χ0n) is 11.8. The number of alkyl carbamates (subject to hydrolysis) is 1. The first-order valence-corrected chi connectivity index (χ1v) is 7.56. The Morgan fingerprint density at radius 3 is 2.41 bits per heavy atom.